The molecule has 0 aromatic carbocycles. The maximum atomic E-state index is 13.1. The summed E-state index contributed by atoms with van der Waals surface area (Å²) in [6, 6.07) is 3.03. The summed E-state index contributed by atoms with van der Waals surface area (Å²) in [5.41, 5.74) is 0. The van der Waals surface area contributed by atoms with E-state index in [1.807, 2.05) is 19.9 Å². The van der Waals surface area contributed by atoms with Crippen LogP contribution < -0.4 is 4.74 Å². The monoisotopic (exact) mass is 376 g/mol. The maximum absolute atomic E-state index is 13.1. The molecule has 0 saturated carbocycles. The van der Waals surface area contributed by atoms with E-state index in [-0.39, 0.29) is 18.0 Å². The normalized spacial score (nSPS) is 22.6. The number of nitrogens with zero attached hydrogens (tertiary/aromatic N) is 4. The van der Waals surface area contributed by atoms with Crippen molar-refractivity contribution in [3.8, 4) is 5.75 Å². The molecule has 1 aromatic rings. The van der Waals surface area contributed by atoms with Gasteiger partial charge in [-0.15, -0.1) is 0 Å². The van der Waals surface area contributed by atoms with Crippen LogP contribution in [-0.2, 0) is 9.53 Å². The summed E-state index contributed by atoms with van der Waals surface area (Å²) in [4.78, 5) is 35.4. The Morgan fingerprint density at radius 3 is 2.67 bits per heavy atom. The number of hydrogen-bond donors (Lipinski definition) is 0. The van der Waals surface area contributed by atoms with Gasteiger partial charge in [-0.25, -0.2) is 4.79 Å². The van der Waals surface area contributed by atoms with Crippen LogP contribution in [0.2, 0.25) is 0 Å². The Labute approximate surface area is 160 Å². The van der Waals surface area contributed by atoms with Gasteiger partial charge in [0.25, 0.3) is 0 Å². The first-order valence-electron chi connectivity index (χ1n) is 9.62. The number of likely N-dealkylation sites (tertiary alicyclic amines) is 1. The largest absolute Gasteiger partial charge is 0.487 e. The van der Waals surface area contributed by atoms with Crippen LogP contribution in [0, 0.1) is 0 Å². The molecular weight excluding hydrogens is 348 g/mol. The van der Waals surface area contributed by atoms with Gasteiger partial charge in [0, 0.05) is 38.8 Å². The second kappa shape index (κ2) is 9.03. The fourth-order valence-corrected chi connectivity index (χ4v) is 3.61. The van der Waals surface area contributed by atoms with Crippen molar-refractivity contribution in [2.75, 3.05) is 45.9 Å². The lowest BCUT2D eigenvalue weighted by Crippen LogP contribution is -2.53. The van der Waals surface area contributed by atoms with Crippen molar-refractivity contribution >= 4 is 11.9 Å². The van der Waals surface area contributed by atoms with Crippen LogP contribution >= 0.6 is 0 Å². The van der Waals surface area contributed by atoms with Crippen LogP contribution in [0.15, 0.2) is 24.5 Å². The smallest absolute Gasteiger partial charge is 0.320 e. The zero-order valence-electron chi connectivity index (χ0n) is 16.0. The van der Waals surface area contributed by atoms with E-state index in [4.69, 9.17) is 9.47 Å². The lowest BCUT2D eigenvalue weighted by atomic mass is 10.1. The quantitative estimate of drug-likeness (QED) is 0.773. The lowest BCUT2D eigenvalue weighted by Gasteiger charge is -2.34. The number of morpholine rings is 1. The van der Waals surface area contributed by atoms with Gasteiger partial charge in [0.05, 0.1) is 26.0 Å². The topological polar surface area (TPSA) is 75.2 Å². The molecule has 1 aromatic heterocycles. The van der Waals surface area contributed by atoms with E-state index in [2.05, 4.69) is 4.98 Å². The SMILES string of the molecule is CCN(CC)C(=O)N1C[C@@H](Oc2cccnc2)C[C@H]1C(=O)N1CCOCC1. The first-order chi connectivity index (χ1) is 13.1. The van der Waals surface area contributed by atoms with Gasteiger partial charge in [0.2, 0.25) is 5.91 Å². The third-order valence-electron chi connectivity index (χ3n) is 5.09. The number of pyridine rings is 1. The minimum Gasteiger partial charge on any atom is -0.487 e. The van der Waals surface area contributed by atoms with Crippen molar-refractivity contribution in [3.05, 3.63) is 24.5 Å². The highest BCUT2D eigenvalue weighted by atomic mass is 16.5. The Morgan fingerprint density at radius 1 is 1.30 bits per heavy atom. The number of hydrogen-bond acceptors (Lipinski definition) is 5. The second-order valence-corrected chi connectivity index (χ2v) is 6.72. The molecule has 2 aliphatic heterocycles. The molecule has 2 atom stereocenters. The number of amides is 3. The predicted molar refractivity (Wildman–Crippen MR) is 99.5 cm³/mol. The van der Waals surface area contributed by atoms with E-state index in [1.165, 1.54) is 0 Å². The van der Waals surface area contributed by atoms with Crippen LogP contribution in [0.5, 0.6) is 5.75 Å². The van der Waals surface area contributed by atoms with Crippen molar-refractivity contribution in [2.24, 2.45) is 0 Å². The minimum absolute atomic E-state index is 0.0175. The molecule has 0 unspecified atom stereocenters. The second-order valence-electron chi connectivity index (χ2n) is 6.72. The third-order valence-corrected chi connectivity index (χ3v) is 5.09. The van der Waals surface area contributed by atoms with Crippen molar-refractivity contribution in [3.63, 3.8) is 0 Å². The summed E-state index contributed by atoms with van der Waals surface area (Å²) in [6.45, 7) is 7.71. The number of aromatic nitrogens is 1. The van der Waals surface area contributed by atoms with E-state index in [0.717, 1.165) is 0 Å². The van der Waals surface area contributed by atoms with E-state index in [1.54, 1.807) is 33.2 Å². The van der Waals surface area contributed by atoms with Crippen molar-refractivity contribution in [2.45, 2.75) is 32.4 Å². The van der Waals surface area contributed by atoms with E-state index < -0.39 is 6.04 Å². The standard InChI is InChI=1S/C19H28N4O4/c1-3-21(4-2)19(25)23-14-16(27-15-6-5-7-20-13-15)12-17(23)18(24)22-8-10-26-11-9-22/h5-7,13,16-17H,3-4,8-12,14H2,1-2H3/t16-,17-/m0/s1. The molecule has 0 radical (unpaired) electrons. The van der Waals surface area contributed by atoms with Gasteiger partial charge in [0.1, 0.15) is 17.9 Å². The first-order valence-corrected chi connectivity index (χ1v) is 9.62. The highest BCUT2D eigenvalue weighted by molar-refractivity contribution is 5.88. The minimum atomic E-state index is -0.502. The lowest BCUT2D eigenvalue weighted by molar-refractivity contribution is -0.139. The Morgan fingerprint density at radius 2 is 2.04 bits per heavy atom. The van der Waals surface area contributed by atoms with Crippen LogP contribution in [0.1, 0.15) is 20.3 Å². The summed E-state index contributed by atoms with van der Waals surface area (Å²) in [5, 5.41) is 0. The predicted octanol–water partition coefficient (Wildman–Crippen LogP) is 1.22. The highest BCUT2D eigenvalue weighted by Gasteiger charge is 2.43. The van der Waals surface area contributed by atoms with E-state index in [9.17, 15) is 9.59 Å². The summed E-state index contributed by atoms with van der Waals surface area (Å²) in [7, 11) is 0. The molecule has 2 fully saturated rings. The van der Waals surface area contributed by atoms with Gasteiger partial charge >= 0.3 is 6.03 Å². The molecule has 3 rings (SSSR count). The fourth-order valence-electron chi connectivity index (χ4n) is 3.61. The molecule has 0 spiro atoms. The molecular formula is C19H28N4O4. The Balaban J connectivity index is 1.75. The summed E-state index contributed by atoms with van der Waals surface area (Å²) < 4.78 is 11.3. The molecule has 0 N–H and O–H groups in total. The van der Waals surface area contributed by atoms with Crippen LogP contribution in [0.3, 0.4) is 0 Å². The van der Waals surface area contributed by atoms with Gasteiger partial charge in [0.15, 0.2) is 0 Å². The van der Waals surface area contributed by atoms with Crippen molar-refractivity contribution < 1.29 is 19.1 Å². The third kappa shape index (κ3) is 4.50. The molecule has 8 heteroatoms. The highest BCUT2D eigenvalue weighted by Crippen LogP contribution is 2.25. The fraction of sp³-hybridized carbons (Fsp3) is 0.632. The van der Waals surface area contributed by atoms with Gasteiger partial charge in [-0.2, -0.15) is 0 Å². The average molecular weight is 376 g/mol. The summed E-state index contributed by atoms with van der Waals surface area (Å²) in [5.74, 6) is 0.633. The molecule has 148 valence electrons. The van der Waals surface area contributed by atoms with Crippen LogP contribution in [0.25, 0.3) is 0 Å². The average Bonchev–Trinajstić information content (AvgIpc) is 3.13. The number of rotatable bonds is 5. The summed E-state index contributed by atoms with van der Waals surface area (Å²) >= 11 is 0. The van der Waals surface area contributed by atoms with Gasteiger partial charge < -0.3 is 24.2 Å². The summed E-state index contributed by atoms with van der Waals surface area (Å²) in [6.07, 6.45) is 3.58. The Bertz CT molecular complexity index is 632. The van der Waals surface area contributed by atoms with Gasteiger partial charge in [-0.1, -0.05) is 0 Å². The molecule has 3 amide bonds. The molecule has 2 aliphatic rings. The van der Waals surface area contributed by atoms with Crippen molar-refractivity contribution in [1.82, 2.24) is 19.7 Å². The molecule has 2 saturated heterocycles. The molecule has 0 aliphatic carbocycles. The number of carbonyl (C=O) groups is 2. The molecule has 8 nitrogen and oxygen atoms in total. The zero-order chi connectivity index (χ0) is 19.2. The number of ether oxygens (including phenoxy) is 2. The Kier molecular flexibility index (Phi) is 6.49. The first kappa shape index (κ1) is 19.4. The molecule has 27 heavy (non-hydrogen) atoms. The van der Waals surface area contributed by atoms with Crippen LogP contribution in [-0.4, -0.2) is 89.7 Å². The molecule has 3 heterocycles. The van der Waals surface area contributed by atoms with E-state index in [0.29, 0.717) is 58.1 Å². The van der Waals surface area contributed by atoms with Gasteiger partial charge in [-0.3, -0.25) is 9.78 Å². The Hall–Kier alpha value is -2.35. The zero-order valence-corrected chi connectivity index (χ0v) is 16.0. The number of urea groups is 1. The van der Waals surface area contributed by atoms with Gasteiger partial charge in [-0.05, 0) is 26.0 Å². The van der Waals surface area contributed by atoms with E-state index >= 15 is 0 Å². The molecule has 0 bridgehead atoms. The number of carbonyl (C=O) groups excluding carboxylic acids is 2. The van der Waals surface area contributed by atoms with Crippen LogP contribution in [0.4, 0.5) is 4.79 Å². The maximum Gasteiger partial charge on any atom is 0.320 e. The van der Waals surface area contributed by atoms with Crippen molar-refractivity contribution in [1.29, 1.82) is 0 Å².